The van der Waals surface area contributed by atoms with Crippen LogP contribution in [-0.4, -0.2) is 18.1 Å². The van der Waals surface area contributed by atoms with Gasteiger partial charge in [-0.25, -0.2) is 4.98 Å². The van der Waals surface area contributed by atoms with Gasteiger partial charge in [-0.3, -0.25) is 0 Å². The van der Waals surface area contributed by atoms with Crippen LogP contribution >= 0.6 is 0 Å². The van der Waals surface area contributed by atoms with Gasteiger partial charge in [-0.2, -0.15) is 0 Å². The predicted octanol–water partition coefficient (Wildman–Crippen LogP) is 1.73. The molecule has 2 rings (SSSR count). The number of hydrogen-bond donors (Lipinski definition) is 1. The smallest absolute Gasteiger partial charge is 0.213 e. The Kier molecular flexibility index (Phi) is 2.99. The van der Waals surface area contributed by atoms with Gasteiger partial charge in [0.05, 0.1) is 7.11 Å². The molecular formula is C11H16N2O. The fraction of sp³-hybridized carbons (Fsp3) is 0.545. The number of rotatable bonds is 4. The molecule has 1 aliphatic carbocycles. The van der Waals surface area contributed by atoms with Gasteiger partial charge in [0.25, 0.3) is 0 Å². The second-order valence-corrected chi connectivity index (χ2v) is 3.72. The summed E-state index contributed by atoms with van der Waals surface area (Å²) in [5.74, 6) is 0.693. The molecule has 14 heavy (non-hydrogen) atoms. The SMILES string of the molecule is COc1cc(CNC2CCC2)ccn1. The van der Waals surface area contributed by atoms with Gasteiger partial charge < -0.3 is 10.1 Å². The van der Waals surface area contributed by atoms with Crippen molar-refractivity contribution in [2.45, 2.75) is 31.8 Å². The Morgan fingerprint density at radius 1 is 1.57 bits per heavy atom. The van der Waals surface area contributed by atoms with Crippen LogP contribution in [0.5, 0.6) is 5.88 Å². The fourth-order valence-electron chi connectivity index (χ4n) is 1.55. The Hall–Kier alpha value is -1.09. The molecular weight excluding hydrogens is 176 g/mol. The van der Waals surface area contributed by atoms with Crippen molar-refractivity contribution in [3.8, 4) is 5.88 Å². The normalized spacial score (nSPS) is 16.4. The minimum Gasteiger partial charge on any atom is -0.481 e. The van der Waals surface area contributed by atoms with Crippen LogP contribution in [0.15, 0.2) is 18.3 Å². The molecule has 0 aliphatic heterocycles. The highest BCUT2D eigenvalue weighted by molar-refractivity contribution is 5.20. The molecule has 1 aliphatic rings. The van der Waals surface area contributed by atoms with Crippen LogP contribution in [0, 0.1) is 0 Å². The van der Waals surface area contributed by atoms with E-state index in [0.29, 0.717) is 5.88 Å². The van der Waals surface area contributed by atoms with Gasteiger partial charge in [0.15, 0.2) is 0 Å². The summed E-state index contributed by atoms with van der Waals surface area (Å²) in [5.41, 5.74) is 1.24. The second-order valence-electron chi connectivity index (χ2n) is 3.72. The number of nitrogens with zero attached hydrogens (tertiary/aromatic N) is 1. The fourth-order valence-corrected chi connectivity index (χ4v) is 1.55. The summed E-state index contributed by atoms with van der Waals surface area (Å²) in [6.07, 6.45) is 5.80. The monoisotopic (exact) mass is 192 g/mol. The van der Waals surface area contributed by atoms with Crippen molar-refractivity contribution in [2.75, 3.05) is 7.11 Å². The lowest BCUT2D eigenvalue weighted by atomic mass is 9.93. The third kappa shape index (κ3) is 2.23. The summed E-state index contributed by atoms with van der Waals surface area (Å²) >= 11 is 0. The number of nitrogens with one attached hydrogen (secondary N) is 1. The maximum Gasteiger partial charge on any atom is 0.213 e. The third-order valence-electron chi connectivity index (χ3n) is 2.71. The van der Waals surface area contributed by atoms with E-state index >= 15 is 0 Å². The average Bonchev–Trinajstić information content (AvgIpc) is 2.16. The van der Waals surface area contributed by atoms with Crippen molar-refractivity contribution in [3.05, 3.63) is 23.9 Å². The number of pyridine rings is 1. The Bertz CT molecular complexity index is 297. The Labute approximate surface area is 84.5 Å². The molecule has 0 radical (unpaired) electrons. The van der Waals surface area contributed by atoms with Crippen LogP contribution in [-0.2, 0) is 6.54 Å². The van der Waals surface area contributed by atoms with E-state index in [2.05, 4.69) is 10.3 Å². The van der Waals surface area contributed by atoms with E-state index in [-0.39, 0.29) is 0 Å². The minimum atomic E-state index is 0.693. The molecule has 0 saturated heterocycles. The molecule has 3 nitrogen and oxygen atoms in total. The lowest BCUT2D eigenvalue weighted by Gasteiger charge is -2.26. The minimum absolute atomic E-state index is 0.693. The molecule has 0 aromatic carbocycles. The molecule has 1 aromatic heterocycles. The van der Waals surface area contributed by atoms with Crippen LogP contribution < -0.4 is 10.1 Å². The zero-order valence-electron chi connectivity index (χ0n) is 8.49. The van der Waals surface area contributed by atoms with Gasteiger partial charge in [0.2, 0.25) is 5.88 Å². The first-order valence-corrected chi connectivity index (χ1v) is 5.11. The highest BCUT2D eigenvalue weighted by Gasteiger charge is 2.15. The summed E-state index contributed by atoms with van der Waals surface area (Å²) in [6, 6.07) is 4.73. The van der Waals surface area contributed by atoms with Gasteiger partial charge >= 0.3 is 0 Å². The maximum absolute atomic E-state index is 5.06. The quantitative estimate of drug-likeness (QED) is 0.789. The van der Waals surface area contributed by atoms with Crippen LogP contribution in [0.25, 0.3) is 0 Å². The standard InChI is InChI=1S/C11H16N2O/c1-14-11-7-9(5-6-12-11)8-13-10-3-2-4-10/h5-7,10,13H,2-4,8H2,1H3. The van der Waals surface area contributed by atoms with Gasteiger partial charge in [-0.15, -0.1) is 0 Å². The first-order valence-electron chi connectivity index (χ1n) is 5.11. The number of aromatic nitrogens is 1. The zero-order valence-corrected chi connectivity index (χ0v) is 8.49. The first-order chi connectivity index (χ1) is 6.88. The third-order valence-corrected chi connectivity index (χ3v) is 2.71. The Morgan fingerprint density at radius 3 is 3.07 bits per heavy atom. The van der Waals surface area contributed by atoms with Crippen molar-refractivity contribution in [3.63, 3.8) is 0 Å². The van der Waals surface area contributed by atoms with Crippen LogP contribution in [0.1, 0.15) is 24.8 Å². The topological polar surface area (TPSA) is 34.1 Å². The highest BCUT2D eigenvalue weighted by Crippen LogP contribution is 2.18. The van der Waals surface area contributed by atoms with E-state index in [0.717, 1.165) is 12.6 Å². The Balaban J connectivity index is 1.87. The maximum atomic E-state index is 5.06. The first kappa shape index (κ1) is 9.46. The number of methoxy groups -OCH3 is 1. The summed E-state index contributed by atoms with van der Waals surface area (Å²) in [6.45, 7) is 0.920. The summed E-state index contributed by atoms with van der Waals surface area (Å²) < 4.78 is 5.06. The lowest BCUT2D eigenvalue weighted by molar-refractivity contribution is 0.337. The summed E-state index contributed by atoms with van der Waals surface area (Å²) in [4.78, 5) is 4.07. The lowest BCUT2D eigenvalue weighted by Crippen LogP contribution is -2.34. The van der Waals surface area contributed by atoms with E-state index in [1.54, 1.807) is 13.3 Å². The van der Waals surface area contributed by atoms with E-state index in [1.807, 2.05) is 12.1 Å². The molecule has 0 unspecified atom stereocenters. The molecule has 3 heteroatoms. The van der Waals surface area contributed by atoms with Crippen LogP contribution in [0.3, 0.4) is 0 Å². The van der Waals surface area contributed by atoms with Crippen molar-refractivity contribution < 1.29 is 4.74 Å². The van der Waals surface area contributed by atoms with Crippen LogP contribution in [0.4, 0.5) is 0 Å². The van der Waals surface area contributed by atoms with Gasteiger partial charge in [0.1, 0.15) is 0 Å². The van der Waals surface area contributed by atoms with E-state index in [1.165, 1.54) is 24.8 Å². The van der Waals surface area contributed by atoms with Crippen molar-refractivity contribution >= 4 is 0 Å². The molecule has 1 saturated carbocycles. The second kappa shape index (κ2) is 4.42. The molecule has 0 bridgehead atoms. The van der Waals surface area contributed by atoms with Crippen molar-refractivity contribution in [1.29, 1.82) is 0 Å². The predicted molar refractivity (Wildman–Crippen MR) is 55.3 cm³/mol. The molecule has 0 amide bonds. The highest BCUT2D eigenvalue weighted by atomic mass is 16.5. The van der Waals surface area contributed by atoms with Crippen molar-refractivity contribution in [2.24, 2.45) is 0 Å². The largest absolute Gasteiger partial charge is 0.481 e. The summed E-state index contributed by atoms with van der Waals surface area (Å²) in [5, 5.41) is 3.50. The molecule has 1 N–H and O–H groups in total. The van der Waals surface area contributed by atoms with Gasteiger partial charge in [-0.1, -0.05) is 6.42 Å². The zero-order chi connectivity index (χ0) is 9.80. The average molecular weight is 192 g/mol. The molecule has 76 valence electrons. The Morgan fingerprint density at radius 2 is 2.43 bits per heavy atom. The molecule has 1 fully saturated rings. The number of ether oxygens (including phenoxy) is 1. The van der Waals surface area contributed by atoms with Gasteiger partial charge in [0, 0.05) is 24.8 Å². The molecule has 0 atom stereocenters. The molecule has 1 aromatic rings. The van der Waals surface area contributed by atoms with E-state index in [4.69, 9.17) is 4.74 Å². The molecule has 0 spiro atoms. The van der Waals surface area contributed by atoms with E-state index in [9.17, 15) is 0 Å². The number of hydrogen-bond acceptors (Lipinski definition) is 3. The van der Waals surface area contributed by atoms with Gasteiger partial charge in [-0.05, 0) is 24.5 Å². The summed E-state index contributed by atoms with van der Waals surface area (Å²) in [7, 11) is 1.64. The molecule has 1 heterocycles. The van der Waals surface area contributed by atoms with Crippen molar-refractivity contribution in [1.82, 2.24) is 10.3 Å². The van der Waals surface area contributed by atoms with E-state index < -0.39 is 0 Å². The van der Waals surface area contributed by atoms with Crippen LogP contribution in [0.2, 0.25) is 0 Å².